The average Bonchev–Trinajstić information content (AvgIpc) is 2.62. The Morgan fingerprint density at radius 3 is 1.37 bits per heavy atom. The molecule has 10 heteroatoms. The SMILES string of the molecule is O[Si](O)(O)CCCN1CCN(CCC[Si](O)(O)O)C1. The van der Waals surface area contributed by atoms with E-state index in [0.29, 0.717) is 25.9 Å². The van der Waals surface area contributed by atoms with Crippen LogP contribution in [0, 0.1) is 0 Å². The molecule has 0 saturated carbocycles. The van der Waals surface area contributed by atoms with Crippen LogP contribution in [0.15, 0.2) is 0 Å². The molecule has 1 saturated heterocycles. The number of hydrogen-bond donors (Lipinski definition) is 6. The summed E-state index contributed by atoms with van der Waals surface area (Å²) in [6.45, 7) is 3.89. The maximum absolute atomic E-state index is 8.89. The van der Waals surface area contributed by atoms with E-state index in [1.807, 2.05) is 0 Å². The highest BCUT2D eigenvalue weighted by molar-refractivity contribution is 6.56. The molecule has 0 spiro atoms. The minimum atomic E-state index is -3.91. The molecule has 0 aromatic rings. The van der Waals surface area contributed by atoms with Crippen LogP contribution in [-0.2, 0) is 0 Å². The van der Waals surface area contributed by atoms with Crippen molar-refractivity contribution in [2.45, 2.75) is 24.9 Å². The third-order valence-corrected chi connectivity index (χ3v) is 5.15. The van der Waals surface area contributed by atoms with Gasteiger partial charge in [-0.25, -0.2) is 0 Å². The van der Waals surface area contributed by atoms with Crippen LogP contribution < -0.4 is 0 Å². The molecule has 0 atom stereocenters. The number of rotatable bonds is 8. The van der Waals surface area contributed by atoms with Crippen molar-refractivity contribution < 1.29 is 28.8 Å². The molecule has 1 aliphatic rings. The van der Waals surface area contributed by atoms with Gasteiger partial charge in [0.15, 0.2) is 0 Å². The average molecular weight is 312 g/mol. The Balaban J connectivity index is 2.09. The molecule has 114 valence electrons. The third kappa shape index (κ3) is 8.80. The topological polar surface area (TPSA) is 128 Å². The summed E-state index contributed by atoms with van der Waals surface area (Å²) in [4.78, 5) is 57.6. The molecule has 19 heavy (non-hydrogen) atoms. The van der Waals surface area contributed by atoms with Crippen LogP contribution in [0.2, 0.25) is 12.1 Å². The summed E-state index contributed by atoms with van der Waals surface area (Å²) in [7, 11) is -7.81. The van der Waals surface area contributed by atoms with Gasteiger partial charge >= 0.3 is 17.6 Å². The molecule has 0 aromatic carbocycles. The van der Waals surface area contributed by atoms with Crippen molar-refractivity contribution in [2.24, 2.45) is 0 Å². The van der Waals surface area contributed by atoms with Crippen LogP contribution in [-0.4, -0.2) is 89.0 Å². The van der Waals surface area contributed by atoms with Gasteiger partial charge in [0.2, 0.25) is 0 Å². The standard InChI is InChI=1S/C9H24N2O6Si2/c12-18(13,14)7-1-3-10-5-6-11(9-10)4-2-8-19(15,16)17/h12-17H,1-9H2. The lowest BCUT2D eigenvalue weighted by Gasteiger charge is -2.19. The molecule has 1 rings (SSSR count). The summed E-state index contributed by atoms with van der Waals surface area (Å²) in [5.41, 5.74) is 0. The lowest BCUT2D eigenvalue weighted by atomic mass is 10.4. The van der Waals surface area contributed by atoms with Crippen molar-refractivity contribution in [1.29, 1.82) is 0 Å². The van der Waals surface area contributed by atoms with Crippen molar-refractivity contribution in [3.8, 4) is 0 Å². The van der Waals surface area contributed by atoms with E-state index in [0.717, 1.165) is 19.8 Å². The fourth-order valence-electron chi connectivity index (χ4n) is 2.15. The molecule has 8 nitrogen and oxygen atoms in total. The van der Waals surface area contributed by atoms with Crippen molar-refractivity contribution in [1.82, 2.24) is 9.80 Å². The van der Waals surface area contributed by atoms with Crippen LogP contribution in [0.5, 0.6) is 0 Å². The minimum absolute atomic E-state index is 0.0527. The zero-order chi connectivity index (χ0) is 14.5. The molecule has 1 aliphatic heterocycles. The molecular formula is C9H24N2O6Si2. The van der Waals surface area contributed by atoms with Crippen molar-refractivity contribution in [3.63, 3.8) is 0 Å². The zero-order valence-electron chi connectivity index (χ0n) is 10.9. The summed E-state index contributed by atoms with van der Waals surface area (Å²) >= 11 is 0. The molecule has 0 aromatic heterocycles. The molecule has 0 unspecified atom stereocenters. The predicted octanol–water partition coefficient (Wildman–Crippen LogP) is -2.83. The Kier molecular flexibility index (Phi) is 6.52. The van der Waals surface area contributed by atoms with Crippen LogP contribution in [0.3, 0.4) is 0 Å². The molecule has 0 bridgehead atoms. The van der Waals surface area contributed by atoms with Gasteiger partial charge in [0.05, 0.1) is 6.67 Å². The van der Waals surface area contributed by atoms with Crippen molar-refractivity contribution in [2.75, 3.05) is 32.8 Å². The highest BCUT2D eigenvalue weighted by Gasteiger charge is 2.28. The van der Waals surface area contributed by atoms with E-state index in [-0.39, 0.29) is 12.1 Å². The maximum atomic E-state index is 8.89. The van der Waals surface area contributed by atoms with Gasteiger partial charge in [-0.1, -0.05) is 0 Å². The van der Waals surface area contributed by atoms with Gasteiger partial charge in [0.25, 0.3) is 0 Å². The molecule has 0 radical (unpaired) electrons. The van der Waals surface area contributed by atoms with Crippen molar-refractivity contribution >= 4 is 17.6 Å². The van der Waals surface area contributed by atoms with Gasteiger partial charge in [-0.05, 0) is 25.9 Å². The second-order valence-corrected chi connectivity index (χ2v) is 9.23. The van der Waals surface area contributed by atoms with Crippen LogP contribution in [0.1, 0.15) is 12.8 Å². The third-order valence-electron chi connectivity index (χ3n) is 3.11. The quantitative estimate of drug-likeness (QED) is 0.265. The van der Waals surface area contributed by atoms with E-state index in [4.69, 9.17) is 28.8 Å². The summed E-state index contributed by atoms with van der Waals surface area (Å²) < 4.78 is 0. The fourth-order valence-corrected chi connectivity index (χ4v) is 3.42. The molecule has 1 heterocycles. The predicted molar refractivity (Wildman–Crippen MR) is 71.7 cm³/mol. The van der Waals surface area contributed by atoms with Crippen molar-refractivity contribution in [3.05, 3.63) is 0 Å². The molecule has 0 aliphatic carbocycles. The molecule has 1 fully saturated rings. The second kappa shape index (κ2) is 7.22. The lowest BCUT2D eigenvalue weighted by Crippen LogP contribution is -2.36. The van der Waals surface area contributed by atoms with Crippen LogP contribution >= 0.6 is 0 Å². The molecule has 0 amide bonds. The van der Waals surface area contributed by atoms with E-state index >= 15 is 0 Å². The van der Waals surface area contributed by atoms with Gasteiger partial charge in [0.1, 0.15) is 0 Å². The first-order valence-corrected chi connectivity index (χ1v) is 10.5. The van der Waals surface area contributed by atoms with Gasteiger partial charge in [0, 0.05) is 25.2 Å². The largest absolute Gasteiger partial charge is 0.492 e. The second-order valence-electron chi connectivity index (χ2n) is 5.13. The number of hydrogen-bond acceptors (Lipinski definition) is 8. The smallest absolute Gasteiger partial charge is 0.390 e. The summed E-state index contributed by atoms with van der Waals surface area (Å²) in [5.74, 6) is 0. The number of nitrogens with zero attached hydrogens (tertiary/aromatic N) is 2. The first kappa shape index (κ1) is 17.2. The highest BCUT2D eigenvalue weighted by atomic mass is 28.4. The Morgan fingerprint density at radius 2 is 1.05 bits per heavy atom. The van der Waals surface area contributed by atoms with E-state index in [9.17, 15) is 0 Å². The Labute approximate surface area is 114 Å². The molecular weight excluding hydrogens is 288 g/mol. The normalized spacial score (nSPS) is 19.3. The molecule has 6 N–H and O–H groups in total. The lowest BCUT2D eigenvalue weighted by molar-refractivity contribution is 0.211. The van der Waals surface area contributed by atoms with Gasteiger partial charge in [-0.2, -0.15) is 0 Å². The fraction of sp³-hybridized carbons (Fsp3) is 1.00. The Morgan fingerprint density at radius 1 is 0.684 bits per heavy atom. The van der Waals surface area contributed by atoms with E-state index in [2.05, 4.69) is 9.80 Å². The summed E-state index contributed by atoms with van der Waals surface area (Å²) in [6.07, 6.45) is 1.09. The highest BCUT2D eigenvalue weighted by Crippen LogP contribution is 2.11. The van der Waals surface area contributed by atoms with Crippen LogP contribution in [0.4, 0.5) is 0 Å². The zero-order valence-corrected chi connectivity index (χ0v) is 12.9. The van der Waals surface area contributed by atoms with Crippen LogP contribution in [0.25, 0.3) is 0 Å². The first-order valence-electron chi connectivity index (χ1n) is 6.45. The summed E-state index contributed by atoms with van der Waals surface area (Å²) in [6, 6.07) is 0.105. The van der Waals surface area contributed by atoms with Gasteiger partial charge in [-0.3, -0.25) is 9.80 Å². The van der Waals surface area contributed by atoms with Gasteiger partial charge in [-0.15, -0.1) is 0 Å². The maximum Gasteiger partial charge on any atom is 0.492 e. The minimum Gasteiger partial charge on any atom is -0.390 e. The van der Waals surface area contributed by atoms with E-state index in [1.165, 1.54) is 0 Å². The van der Waals surface area contributed by atoms with Gasteiger partial charge < -0.3 is 28.8 Å². The monoisotopic (exact) mass is 312 g/mol. The Hall–Kier alpha value is 0.114. The Bertz CT molecular complexity index is 244. The van der Waals surface area contributed by atoms with E-state index in [1.54, 1.807) is 0 Å². The van der Waals surface area contributed by atoms with E-state index < -0.39 is 17.6 Å². The first-order chi connectivity index (χ1) is 8.66. The summed E-state index contributed by atoms with van der Waals surface area (Å²) in [5, 5.41) is 0.